The first-order valence-electron chi connectivity index (χ1n) is 6.14. The van der Waals surface area contributed by atoms with E-state index in [4.69, 9.17) is 5.73 Å². The van der Waals surface area contributed by atoms with E-state index >= 15 is 0 Å². The second-order valence-electron chi connectivity index (χ2n) is 5.50. The van der Waals surface area contributed by atoms with Crippen LogP contribution in [0.15, 0.2) is 23.1 Å². The van der Waals surface area contributed by atoms with Crippen LogP contribution >= 0.6 is 0 Å². The summed E-state index contributed by atoms with van der Waals surface area (Å²) in [4.78, 5) is 0.0190. The number of benzene rings is 1. The molecule has 0 aromatic heterocycles. The van der Waals surface area contributed by atoms with Crippen LogP contribution in [0.4, 0.5) is 5.69 Å². The highest BCUT2D eigenvalue weighted by Gasteiger charge is 2.41. The lowest BCUT2D eigenvalue weighted by atomic mass is 10.0. The largest absolute Gasteiger partial charge is 0.398 e. The summed E-state index contributed by atoms with van der Waals surface area (Å²) in [7, 11) is -7.04. The van der Waals surface area contributed by atoms with E-state index in [0.717, 1.165) is 0 Å². The fourth-order valence-corrected chi connectivity index (χ4v) is 6.49. The van der Waals surface area contributed by atoms with E-state index in [1.54, 1.807) is 26.0 Å². The Kier molecular flexibility index (Phi) is 3.60. The molecule has 0 spiro atoms. The van der Waals surface area contributed by atoms with Crippen LogP contribution < -0.4 is 10.5 Å². The van der Waals surface area contributed by atoms with Gasteiger partial charge in [0.05, 0.1) is 17.2 Å². The predicted molar refractivity (Wildman–Crippen MR) is 77.6 cm³/mol. The Morgan fingerprint density at radius 1 is 1.35 bits per heavy atom. The minimum Gasteiger partial charge on any atom is -0.398 e. The average molecular weight is 318 g/mol. The van der Waals surface area contributed by atoms with Crippen molar-refractivity contribution in [3.63, 3.8) is 0 Å². The molecule has 1 unspecified atom stereocenters. The molecule has 3 N–H and O–H groups in total. The number of nitrogens with one attached hydrogen (secondary N) is 1. The van der Waals surface area contributed by atoms with Crippen LogP contribution in [0.3, 0.4) is 0 Å². The van der Waals surface area contributed by atoms with Crippen LogP contribution in [-0.4, -0.2) is 33.9 Å². The van der Waals surface area contributed by atoms with E-state index < -0.39 is 25.4 Å². The van der Waals surface area contributed by atoms with Crippen molar-refractivity contribution in [3.05, 3.63) is 23.8 Å². The smallest absolute Gasteiger partial charge is 0.243 e. The Morgan fingerprint density at radius 3 is 2.50 bits per heavy atom. The number of anilines is 1. The fourth-order valence-electron chi connectivity index (χ4n) is 2.51. The number of nitrogens with two attached hydrogens (primary N) is 1. The Balaban J connectivity index is 2.38. The van der Waals surface area contributed by atoms with Gasteiger partial charge in [-0.25, -0.2) is 21.6 Å². The Bertz CT molecular complexity index is 720. The lowest BCUT2D eigenvalue weighted by Gasteiger charge is -2.24. The van der Waals surface area contributed by atoms with Gasteiger partial charge in [0.15, 0.2) is 9.84 Å². The van der Waals surface area contributed by atoms with Gasteiger partial charge < -0.3 is 5.73 Å². The van der Waals surface area contributed by atoms with Gasteiger partial charge in [0.2, 0.25) is 10.0 Å². The molecular formula is C12H18N2O4S2. The Morgan fingerprint density at radius 2 is 2.00 bits per heavy atom. The normalized spacial score (nSPS) is 25.7. The Hall–Kier alpha value is -1.12. The van der Waals surface area contributed by atoms with Crippen molar-refractivity contribution >= 4 is 25.5 Å². The summed E-state index contributed by atoms with van der Waals surface area (Å²) in [5, 5.41) is 0. The van der Waals surface area contributed by atoms with E-state index in [2.05, 4.69) is 4.72 Å². The lowest BCUT2D eigenvalue weighted by Crippen LogP contribution is -2.47. The van der Waals surface area contributed by atoms with Gasteiger partial charge in [-0.15, -0.1) is 0 Å². The molecule has 0 aliphatic carbocycles. The summed E-state index contributed by atoms with van der Waals surface area (Å²) in [6, 6.07) is 4.83. The summed E-state index contributed by atoms with van der Waals surface area (Å²) >= 11 is 0. The molecule has 20 heavy (non-hydrogen) atoms. The fraction of sp³-hybridized carbons (Fsp3) is 0.500. The predicted octanol–water partition coefficient (Wildman–Crippen LogP) is 0.433. The SMILES string of the molecule is Cc1cccc(N)c1S(=O)(=O)NC1(C)CCS(=O)(=O)C1. The first-order valence-corrected chi connectivity index (χ1v) is 9.45. The zero-order valence-corrected chi connectivity index (χ0v) is 13.0. The number of nitrogen functional groups attached to an aromatic ring is 1. The maximum absolute atomic E-state index is 12.5. The highest BCUT2D eigenvalue weighted by molar-refractivity contribution is 7.92. The first-order chi connectivity index (χ1) is 9.05. The van der Waals surface area contributed by atoms with Gasteiger partial charge in [0.25, 0.3) is 0 Å². The van der Waals surface area contributed by atoms with Crippen molar-refractivity contribution in [2.75, 3.05) is 17.2 Å². The van der Waals surface area contributed by atoms with Crippen LogP contribution in [0.2, 0.25) is 0 Å². The van der Waals surface area contributed by atoms with Crippen LogP contribution in [0.25, 0.3) is 0 Å². The molecule has 112 valence electrons. The van der Waals surface area contributed by atoms with Gasteiger partial charge in [-0.1, -0.05) is 12.1 Å². The molecule has 1 saturated heterocycles. The van der Waals surface area contributed by atoms with Crippen LogP contribution in [0, 0.1) is 6.92 Å². The molecular weight excluding hydrogens is 300 g/mol. The van der Waals surface area contributed by atoms with Gasteiger partial charge in [0.1, 0.15) is 4.90 Å². The first kappa shape index (κ1) is 15.3. The molecule has 1 heterocycles. The van der Waals surface area contributed by atoms with E-state index in [1.165, 1.54) is 6.07 Å². The zero-order valence-electron chi connectivity index (χ0n) is 11.4. The van der Waals surface area contributed by atoms with E-state index in [-0.39, 0.29) is 28.5 Å². The molecule has 6 nitrogen and oxygen atoms in total. The van der Waals surface area contributed by atoms with Crippen molar-refractivity contribution in [3.8, 4) is 0 Å². The van der Waals surface area contributed by atoms with Crippen molar-refractivity contribution < 1.29 is 16.8 Å². The van der Waals surface area contributed by atoms with Crippen molar-refractivity contribution in [1.29, 1.82) is 0 Å². The number of aryl methyl sites for hydroxylation is 1. The molecule has 1 aromatic rings. The third-order valence-electron chi connectivity index (χ3n) is 3.40. The molecule has 1 aliphatic heterocycles. The van der Waals surface area contributed by atoms with Gasteiger partial charge in [-0.05, 0) is 31.9 Å². The minimum absolute atomic E-state index is 0.00469. The Labute approximate surface area is 119 Å². The molecule has 0 saturated carbocycles. The molecule has 1 aromatic carbocycles. The zero-order chi connectivity index (χ0) is 15.2. The maximum Gasteiger partial charge on any atom is 0.243 e. The molecule has 0 bridgehead atoms. The van der Waals surface area contributed by atoms with E-state index in [9.17, 15) is 16.8 Å². The third kappa shape index (κ3) is 2.97. The number of sulfone groups is 1. The van der Waals surface area contributed by atoms with Crippen LogP contribution in [0.5, 0.6) is 0 Å². The minimum atomic E-state index is -3.85. The second kappa shape index (κ2) is 4.71. The van der Waals surface area contributed by atoms with Crippen LogP contribution in [0.1, 0.15) is 18.9 Å². The van der Waals surface area contributed by atoms with Crippen molar-refractivity contribution in [2.45, 2.75) is 30.7 Å². The monoisotopic (exact) mass is 318 g/mol. The third-order valence-corrected chi connectivity index (χ3v) is 7.15. The standard InChI is InChI=1S/C12H18N2O4S2/c1-9-4-3-5-10(13)11(9)20(17,18)14-12(2)6-7-19(15,16)8-12/h3-5,14H,6-8,13H2,1-2H3. The van der Waals surface area contributed by atoms with Gasteiger partial charge in [-0.3, -0.25) is 0 Å². The summed E-state index contributed by atoms with van der Waals surface area (Å²) in [6.07, 6.45) is 0.264. The van der Waals surface area contributed by atoms with E-state index in [1.807, 2.05) is 0 Å². The second-order valence-corrected chi connectivity index (χ2v) is 9.30. The molecule has 1 aliphatic rings. The average Bonchev–Trinajstić information content (AvgIpc) is 2.50. The number of rotatable bonds is 3. The molecule has 1 fully saturated rings. The van der Waals surface area contributed by atoms with Crippen LogP contribution in [-0.2, 0) is 19.9 Å². The van der Waals surface area contributed by atoms with Gasteiger partial charge in [-0.2, -0.15) is 0 Å². The van der Waals surface area contributed by atoms with Gasteiger partial charge >= 0.3 is 0 Å². The van der Waals surface area contributed by atoms with Gasteiger partial charge in [0, 0.05) is 5.54 Å². The lowest BCUT2D eigenvalue weighted by molar-refractivity contribution is 0.462. The molecule has 0 radical (unpaired) electrons. The summed E-state index contributed by atoms with van der Waals surface area (Å²) in [5.74, 6) is -0.194. The molecule has 0 amide bonds. The summed E-state index contributed by atoms with van der Waals surface area (Å²) < 4.78 is 50.5. The molecule has 8 heteroatoms. The molecule has 1 atom stereocenters. The topological polar surface area (TPSA) is 106 Å². The highest BCUT2D eigenvalue weighted by Crippen LogP contribution is 2.28. The number of hydrogen-bond donors (Lipinski definition) is 2. The summed E-state index contributed by atoms with van der Waals surface area (Å²) in [6.45, 7) is 3.25. The number of sulfonamides is 1. The number of hydrogen-bond acceptors (Lipinski definition) is 5. The maximum atomic E-state index is 12.5. The highest BCUT2D eigenvalue weighted by atomic mass is 32.2. The quantitative estimate of drug-likeness (QED) is 0.786. The molecule has 2 rings (SSSR count). The van der Waals surface area contributed by atoms with E-state index in [0.29, 0.717) is 5.56 Å². The summed E-state index contributed by atoms with van der Waals surface area (Å²) in [5.41, 5.74) is 5.45. The van der Waals surface area contributed by atoms with Crippen molar-refractivity contribution in [2.24, 2.45) is 0 Å². The van der Waals surface area contributed by atoms with Crippen molar-refractivity contribution in [1.82, 2.24) is 4.72 Å².